The molecule has 1 aromatic carbocycles. The average molecular weight is 278 g/mol. The number of nitrogens with zero attached hydrogens (tertiary/aromatic N) is 2. The zero-order chi connectivity index (χ0) is 14.4. The molecule has 0 saturated carbocycles. The molecule has 0 spiro atoms. The highest BCUT2D eigenvalue weighted by atomic mass is 16.3. The minimum atomic E-state index is -0.386. The minimum Gasteiger partial charge on any atom is -0.395 e. The van der Waals surface area contributed by atoms with Gasteiger partial charge in [-0.25, -0.2) is 0 Å². The number of aliphatic hydroxyl groups is 2. The average Bonchev–Trinajstić information content (AvgIpc) is 2.72. The molecule has 112 valence electrons. The van der Waals surface area contributed by atoms with Crippen LogP contribution in [0.4, 0.5) is 5.69 Å². The van der Waals surface area contributed by atoms with Crippen molar-refractivity contribution in [2.24, 2.45) is 0 Å². The summed E-state index contributed by atoms with van der Waals surface area (Å²) in [5.74, 6) is 0. The molecule has 20 heavy (non-hydrogen) atoms. The summed E-state index contributed by atoms with van der Waals surface area (Å²) in [4.78, 5) is 4.67. The molecule has 2 N–H and O–H groups in total. The number of aliphatic hydroxyl groups excluding tert-OH is 2. The zero-order valence-corrected chi connectivity index (χ0v) is 12.3. The Labute approximate surface area is 121 Å². The molecule has 0 radical (unpaired) electrons. The minimum absolute atomic E-state index is 0.227. The lowest BCUT2D eigenvalue weighted by atomic mass is 10.0. The number of benzene rings is 1. The predicted octanol–water partition coefficient (Wildman–Crippen LogP) is 1.63. The number of anilines is 1. The highest BCUT2D eigenvalue weighted by molar-refractivity contribution is 5.54. The van der Waals surface area contributed by atoms with E-state index in [9.17, 15) is 5.11 Å². The molecule has 1 fully saturated rings. The largest absolute Gasteiger partial charge is 0.395 e. The van der Waals surface area contributed by atoms with Crippen LogP contribution in [0.25, 0.3) is 0 Å². The molecule has 2 rings (SSSR count). The van der Waals surface area contributed by atoms with Crippen LogP contribution in [0.15, 0.2) is 24.3 Å². The van der Waals surface area contributed by atoms with E-state index in [0.29, 0.717) is 0 Å². The number of hydrogen-bond donors (Lipinski definition) is 2. The van der Waals surface area contributed by atoms with E-state index in [1.54, 1.807) is 0 Å². The van der Waals surface area contributed by atoms with Crippen molar-refractivity contribution in [1.82, 2.24) is 4.90 Å². The van der Waals surface area contributed by atoms with E-state index in [4.69, 9.17) is 5.11 Å². The van der Waals surface area contributed by atoms with Gasteiger partial charge in [0, 0.05) is 37.4 Å². The monoisotopic (exact) mass is 278 g/mol. The van der Waals surface area contributed by atoms with Gasteiger partial charge in [0.25, 0.3) is 0 Å². The van der Waals surface area contributed by atoms with Gasteiger partial charge in [0.1, 0.15) is 0 Å². The molecule has 1 aliphatic heterocycles. The van der Waals surface area contributed by atoms with Gasteiger partial charge in [-0.05, 0) is 25.5 Å². The second-order valence-electron chi connectivity index (χ2n) is 5.39. The Hall–Kier alpha value is -1.10. The van der Waals surface area contributed by atoms with Crippen molar-refractivity contribution < 1.29 is 10.2 Å². The zero-order valence-electron chi connectivity index (χ0n) is 12.3. The van der Waals surface area contributed by atoms with E-state index in [-0.39, 0.29) is 12.7 Å². The molecule has 1 aliphatic rings. The Morgan fingerprint density at radius 1 is 1.15 bits per heavy atom. The van der Waals surface area contributed by atoms with Gasteiger partial charge in [-0.15, -0.1) is 0 Å². The molecule has 0 bridgehead atoms. The van der Waals surface area contributed by atoms with Crippen molar-refractivity contribution in [3.63, 3.8) is 0 Å². The van der Waals surface area contributed by atoms with Crippen LogP contribution in [-0.2, 0) is 0 Å². The highest BCUT2D eigenvalue weighted by Crippen LogP contribution is 2.28. The third-order valence-corrected chi connectivity index (χ3v) is 4.03. The SMILES string of the molecule is CC[C@@H](O)c1ccccc1N1CCCN(CCO)CC1. The molecular weight excluding hydrogens is 252 g/mol. The summed E-state index contributed by atoms with van der Waals surface area (Å²) in [6.45, 7) is 6.96. The van der Waals surface area contributed by atoms with Crippen LogP contribution in [0.1, 0.15) is 31.4 Å². The van der Waals surface area contributed by atoms with E-state index in [1.807, 2.05) is 25.1 Å². The van der Waals surface area contributed by atoms with Crippen molar-refractivity contribution in [1.29, 1.82) is 0 Å². The number of rotatable bonds is 5. The Bertz CT molecular complexity index is 411. The summed E-state index contributed by atoms with van der Waals surface area (Å²) in [7, 11) is 0. The van der Waals surface area contributed by atoms with E-state index < -0.39 is 0 Å². The third-order valence-electron chi connectivity index (χ3n) is 4.03. The van der Waals surface area contributed by atoms with Crippen LogP contribution in [0.3, 0.4) is 0 Å². The number of para-hydroxylation sites is 1. The maximum atomic E-state index is 10.2. The van der Waals surface area contributed by atoms with Crippen molar-refractivity contribution >= 4 is 5.69 Å². The van der Waals surface area contributed by atoms with Crippen LogP contribution in [0, 0.1) is 0 Å². The van der Waals surface area contributed by atoms with Crippen LogP contribution in [0.5, 0.6) is 0 Å². The van der Waals surface area contributed by atoms with E-state index in [0.717, 1.165) is 56.8 Å². The lowest BCUT2D eigenvalue weighted by Gasteiger charge is -2.27. The number of β-amino-alcohol motifs (C(OH)–C–C–N with tert-alkyl or cyclic N) is 1. The summed E-state index contributed by atoms with van der Waals surface area (Å²) >= 11 is 0. The molecular formula is C16H26N2O2. The topological polar surface area (TPSA) is 46.9 Å². The number of hydrogen-bond acceptors (Lipinski definition) is 4. The van der Waals surface area contributed by atoms with Gasteiger partial charge in [-0.2, -0.15) is 0 Å². The molecule has 0 aliphatic carbocycles. The maximum absolute atomic E-state index is 10.2. The lowest BCUT2D eigenvalue weighted by molar-refractivity contribution is 0.174. The van der Waals surface area contributed by atoms with Gasteiger partial charge in [-0.3, -0.25) is 4.90 Å². The molecule has 0 aromatic heterocycles. The summed E-state index contributed by atoms with van der Waals surface area (Å²) in [5, 5.41) is 19.2. The highest BCUT2D eigenvalue weighted by Gasteiger charge is 2.19. The Kier molecular flexibility index (Phi) is 5.83. The molecule has 0 unspecified atom stereocenters. The van der Waals surface area contributed by atoms with E-state index in [1.165, 1.54) is 0 Å². The molecule has 1 saturated heterocycles. The fraction of sp³-hybridized carbons (Fsp3) is 0.625. The van der Waals surface area contributed by atoms with Crippen molar-refractivity contribution in [3.05, 3.63) is 29.8 Å². The van der Waals surface area contributed by atoms with Crippen molar-refractivity contribution in [2.75, 3.05) is 44.2 Å². The fourth-order valence-electron chi connectivity index (χ4n) is 2.85. The van der Waals surface area contributed by atoms with Gasteiger partial charge in [-0.1, -0.05) is 25.1 Å². The quantitative estimate of drug-likeness (QED) is 0.859. The molecule has 0 amide bonds. The molecule has 4 nitrogen and oxygen atoms in total. The third kappa shape index (κ3) is 3.72. The summed E-state index contributed by atoms with van der Waals surface area (Å²) in [6, 6.07) is 8.17. The van der Waals surface area contributed by atoms with Gasteiger partial charge in [0.05, 0.1) is 12.7 Å². The summed E-state index contributed by atoms with van der Waals surface area (Å²) < 4.78 is 0. The molecule has 1 aromatic rings. The van der Waals surface area contributed by atoms with Crippen molar-refractivity contribution in [3.8, 4) is 0 Å². The first-order chi connectivity index (χ1) is 9.76. The molecule has 1 atom stereocenters. The summed E-state index contributed by atoms with van der Waals surface area (Å²) in [5.41, 5.74) is 2.19. The first-order valence-corrected chi connectivity index (χ1v) is 7.61. The van der Waals surface area contributed by atoms with E-state index in [2.05, 4.69) is 15.9 Å². The van der Waals surface area contributed by atoms with Gasteiger partial charge >= 0.3 is 0 Å². The predicted molar refractivity (Wildman–Crippen MR) is 82.0 cm³/mol. The second kappa shape index (κ2) is 7.62. The van der Waals surface area contributed by atoms with Crippen LogP contribution in [0.2, 0.25) is 0 Å². The second-order valence-corrected chi connectivity index (χ2v) is 5.39. The molecule has 4 heteroatoms. The summed E-state index contributed by atoms with van der Waals surface area (Å²) in [6.07, 6.45) is 1.45. The fourth-order valence-corrected chi connectivity index (χ4v) is 2.85. The maximum Gasteiger partial charge on any atom is 0.0807 e. The smallest absolute Gasteiger partial charge is 0.0807 e. The van der Waals surface area contributed by atoms with Crippen LogP contribution >= 0.6 is 0 Å². The van der Waals surface area contributed by atoms with E-state index >= 15 is 0 Å². The first kappa shape index (κ1) is 15.3. The first-order valence-electron chi connectivity index (χ1n) is 7.61. The Morgan fingerprint density at radius 2 is 1.95 bits per heavy atom. The molecule has 1 heterocycles. The van der Waals surface area contributed by atoms with Gasteiger partial charge in [0.2, 0.25) is 0 Å². The Balaban J connectivity index is 2.11. The van der Waals surface area contributed by atoms with Gasteiger partial charge < -0.3 is 15.1 Å². The van der Waals surface area contributed by atoms with Crippen molar-refractivity contribution in [2.45, 2.75) is 25.9 Å². The lowest BCUT2D eigenvalue weighted by Crippen LogP contribution is -2.32. The van der Waals surface area contributed by atoms with Crippen LogP contribution in [-0.4, -0.2) is 54.4 Å². The van der Waals surface area contributed by atoms with Gasteiger partial charge in [0.15, 0.2) is 0 Å². The standard InChI is InChI=1S/C16H26N2O2/c1-2-16(20)14-6-3-4-7-15(14)18-9-5-8-17(10-11-18)12-13-19/h3-4,6-7,16,19-20H,2,5,8-13H2,1H3/t16-/m1/s1. The Morgan fingerprint density at radius 3 is 2.70 bits per heavy atom. The van der Waals surface area contributed by atoms with Crippen LogP contribution < -0.4 is 4.90 Å². The normalized spacial score (nSPS) is 18.9.